The van der Waals surface area contributed by atoms with Crippen LogP contribution in [0.3, 0.4) is 0 Å². The van der Waals surface area contributed by atoms with Gasteiger partial charge in [-0.25, -0.2) is 0 Å². The van der Waals surface area contributed by atoms with E-state index in [1.54, 1.807) is 0 Å². The van der Waals surface area contributed by atoms with Crippen LogP contribution in [0.2, 0.25) is 0 Å². The van der Waals surface area contributed by atoms with Gasteiger partial charge < -0.3 is 10.2 Å². The molecule has 2 N–H and O–H groups in total. The molecule has 0 aromatic heterocycles. The summed E-state index contributed by atoms with van der Waals surface area (Å²) < 4.78 is 0. The molecule has 3 unspecified atom stereocenters. The van der Waals surface area contributed by atoms with Crippen molar-refractivity contribution >= 4 is 0 Å². The van der Waals surface area contributed by atoms with Gasteiger partial charge >= 0.3 is 0 Å². The molecule has 29 heavy (non-hydrogen) atoms. The molecule has 9 atom stereocenters. The van der Waals surface area contributed by atoms with E-state index in [-0.39, 0.29) is 5.41 Å². The molecule has 0 aromatic rings. The molecule has 0 aromatic carbocycles. The third-order valence-electron chi connectivity index (χ3n) is 10.4. The predicted octanol–water partition coefficient (Wildman–Crippen LogP) is 6.36. The molecule has 2 heteroatoms. The van der Waals surface area contributed by atoms with Gasteiger partial charge in [-0.3, -0.25) is 0 Å². The fraction of sp³-hybridized carbons (Fsp3) is 0.926. The topological polar surface area (TPSA) is 40.5 Å². The Morgan fingerprint density at radius 3 is 2.45 bits per heavy atom. The highest BCUT2D eigenvalue weighted by Gasteiger charge is 2.60. The average molecular weight is 403 g/mol. The summed E-state index contributed by atoms with van der Waals surface area (Å²) in [5.41, 5.74) is 1.81. The zero-order valence-corrected chi connectivity index (χ0v) is 19.7. The number of allylic oxidation sites excluding steroid dienone is 1. The Kier molecular flexibility index (Phi) is 6.01. The van der Waals surface area contributed by atoms with E-state index < -0.39 is 12.2 Å². The lowest BCUT2D eigenvalue weighted by Gasteiger charge is -2.59. The molecule has 166 valence electrons. The summed E-state index contributed by atoms with van der Waals surface area (Å²) in [4.78, 5) is 0. The van der Waals surface area contributed by atoms with Crippen molar-refractivity contribution in [1.29, 1.82) is 0 Å². The van der Waals surface area contributed by atoms with Crippen molar-refractivity contribution in [3.8, 4) is 0 Å². The highest BCUT2D eigenvalue weighted by Crippen LogP contribution is 2.67. The Hall–Kier alpha value is -0.340. The lowest BCUT2D eigenvalue weighted by Crippen LogP contribution is -2.53. The van der Waals surface area contributed by atoms with Crippen molar-refractivity contribution in [2.24, 2.45) is 46.3 Å². The second-order valence-electron chi connectivity index (χ2n) is 12.3. The first-order valence-electron chi connectivity index (χ1n) is 12.7. The Morgan fingerprint density at radius 2 is 1.72 bits per heavy atom. The van der Waals surface area contributed by atoms with Crippen LogP contribution in [-0.2, 0) is 0 Å². The number of hydrogen-bond donors (Lipinski definition) is 2. The van der Waals surface area contributed by atoms with Gasteiger partial charge in [-0.1, -0.05) is 60.0 Å². The number of rotatable bonds is 5. The van der Waals surface area contributed by atoms with E-state index in [1.807, 2.05) is 0 Å². The quantitative estimate of drug-likeness (QED) is 0.525. The van der Waals surface area contributed by atoms with E-state index in [0.29, 0.717) is 11.3 Å². The van der Waals surface area contributed by atoms with Gasteiger partial charge in [0.25, 0.3) is 0 Å². The van der Waals surface area contributed by atoms with Crippen LogP contribution < -0.4 is 0 Å². The molecule has 0 bridgehead atoms. The van der Waals surface area contributed by atoms with Gasteiger partial charge in [0.2, 0.25) is 0 Å². The lowest BCUT2D eigenvalue weighted by atomic mass is 9.46. The Morgan fingerprint density at radius 1 is 0.966 bits per heavy atom. The van der Waals surface area contributed by atoms with E-state index in [1.165, 1.54) is 50.5 Å². The van der Waals surface area contributed by atoms with Gasteiger partial charge in [-0.05, 0) is 96.9 Å². The smallest absolute Gasteiger partial charge is 0.101 e. The minimum absolute atomic E-state index is 0.115. The lowest BCUT2D eigenvalue weighted by molar-refractivity contribution is -0.0801. The van der Waals surface area contributed by atoms with Gasteiger partial charge in [-0.2, -0.15) is 0 Å². The fourth-order valence-corrected chi connectivity index (χ4v) is 8.74. The molecule has 4 aliphatic carbocycles. The largest absolute Gasteiger partial charge is 0.390 e. The minimum atomic E-state index is -0.625. The Balaban J connectivity index is 1.51. The zero-order valence-electron chi connectivity index (χ0n) is 19.7. The molecular formula is C27H46O2. The second kappa shape index (κ2) is 7.97. The molecule has 4 rings (SSSR count). The third kappa shape index (κ3) is 3.55. The molecule has 0 saturated heterocycles. The maximum atomic E-state index is 10.7. The first-order valence-corrected chi connectivity index (χ1v) is 12.7. The average Bonchev–Trinajstić information content (AvgIpc) is 3.02. The third-order valence-corrected chi connectivity index (χ3v) is 10.4. The Labute approximate surface area is 179 Å². The van der Waals surface area contributed by atoms with Crippen molar-refractivity contribution in [2.45, 2.75) is 111 Å². The van der Waals surface area contributed by atoms with Crippen molar-refractivity contribution in [1.82, 2.24) is 0 Å². The summed E-state index contributed by atoms with van der Waals surface area (Å²) >= 11 is 0. The molecule has 0 aliphatic heterocycles. The number of aliphatic hydroxyl groups excluding tert-OH is 2. The molecule has 0 heterocycles. The summed E-state index contributed by atoms with van der Waals surface area (Å²) in [5.74, 6) is 4.95. The number of hydrogen-bond acceptors (Lipinski definition) is 2. The van der Waals surface area contributed by atoms with Crippen LogP contribution in [0.1, 0.15) is 98.8 Å². The van der Waals surface area contributed by atoms with E-state index in [4.69, 9.17) is 0 Å². The van der Waals surface area contributed by atoms with Crippen LogP contribution in [0.25, 0.3) is 0 Å². The highest BCUT2D eigenvalue weighted by molar-refractivity contribution is 5.29. The number of aliphatic hydroxyl groups is 2. The predicted molar refractivity (Wildman–Crippen MR) is 120 cm³/mol. The van der Waals surface area contributed by atoms with Gasteiger partial charge in [0.1, 0.15) is 6.10 Å². The van der Waals surface area contributed by atoms with Crippen molar-refractivity contribution in [3.63, 3.8) is 0 Å². The van der Waals surface area contributed by atoms with Gasteiger partial charge in [0, 0.05) is 0 Å². The summed E-state index contributed by atoms with van der Waals surface area (Å²) in [6, 6.07) is 0. The molecule has 4 aliphatic rings. The van der Waals surface area contributed by atoms with Crippen molar-refractivity contribution in [3.05, 3.63) is 11.6 Å². The van der Waals surface area contributed by atoms with E-state index in [9.17, 15) is 10.2 Å². The van der Waals surface area contributed by atoms with Crippen molar-refractivity contribution in [2.75, 3.05) is 0 Å². The van der Waals surface area contributed by atoms with Crippen LogP contribution in [0.4, 0.5) is 0 Å². The van der Waals surface area contributed by atoms with E-state index >= 15 is 0 Å². The van der Waals surface area contributed by atoms with Crippen LogP contribution >= 0.6 is 0 Å². The summed E-state index contributed by atoms with van der Waals surface area (Å²) in [7, 11) is 0. The molecule has 3 saturated carbocycles. The summed E-state index contributed by atoms with van der Waals surface area (Å²) in [6.45, 7) is 12.3. The monoisotopic (exact) mass is 402 g/mol. The standard InChI is InChI=1S/C27H46O2/c1-17(2)7-6-8-18(3)20-11-12-21-19-9-10-23-25(29)24(28)14-16-27(23,5)22(19)13-15-26(20,21)4/h10,17-22,24-25,28-29H,6-9,11-16H2,1-5H3/t18-,19?,20-,21?,22?,24+,25-,26-,27-/m1/s1. The van der Waals surface area contributed by atoms with Gasteiger partial charge in [-0.15, -0.1) is 0 Å². The van der Waals surface area contributed by atoms with Crippen LogP contribution in [-0.4, -0.2) is 22.4 Å². The summed E-state index contributed by atoms with van der Waals surface area (Å²) in [6.07, 6.45) is 13.9. The minimum Gasteiger partial charge on any atom is -0.390 e. The molecule has 0 spiro atoms. The summed E-state index contributed by atoms with van der Waals surface area (Å²) in [5, 5.41) is 20.9. The van der Waals surface area contributed by atoms with Crippen LogP contribution in [0.5, 0.6) is 0 Å². The molecular weight excluding hydrogens is 356 g/mol. The van der Waals surface area contributed by atoms with Gasteiger partial charge in [0.15, 0.2) is 0 Å². The maximum absolute atomic E-state index is 10.7. The SMILES string of the molecule is CC(C)CCC[C@@H](C)[C@H]1CCC2C3CC=C4[C@@H](O)[C@@H](O)CC[C@]4(C)C3CC[C@@]21C. The first kappa shape index (κ1) is 21.9. The van der Waals surface area contributed by atoms with Crippen LogP contribution in [0.15, 0.2) is 11.6 Å². The second-order valence-corrected chi connectivity index (χ2v) is 12.3. The molecule has 3 fully saturated rings. The normalized spacial score (nSPS) is 47.9. The van der Waals surface area contributed by atoms with Gasteiger partial charge in [0.05, 0.1) is 6.10 Å². The van der Waals surface area contributed by atoms with Crippen molar-refractivity contribution < 1.29 is 10.2 Å². The maximum Gasteiger partial charge on any atom is 0.101 e. The molecule has 2 nitrogen and oxygen atoms in total. The fourth-order valence-electron chi connectivity index (χ4n) is 8.74. The van der Waals surface area contributed by atoms with E-state index in [2.05, 4.69) is 40.7 Å². The Bertz CT molecular complexity index is 624. The van der Waals surface area contributed by atoms with E-state index in [0.717, 1.165) is 48.9 Å². The highest BCUT2D eigenvalue weighted by atomic mass is 16.3. The van der Waals surface area contributed by atoms with Crippen LogP contribution in [0, 0.1) is 46.3 Å². The first-order chi connectivity index (χ1) is 13.7. The zero-order chi connectivity index (χ0) is 21.0. The molecule has 0 radical (unpaired) electrons. The number of fused-ring (bicyclic) bond motifs is 5. The molecule has 0 amide bonds.